The summed E-state index contributed by atoms with van der Waals surface area (Å²) in [4.78, 5) is 5.76. The molecule has 142 valence electrons. The highest BCUT2D eigenvalue weighted by Crippen LogP contribution is 2.36. The molecule has 27 heavy (non-hydrogen) atoms. The second-order valence-corrected chi connectivity index (χ2v) is 9.28. The van der Waals surface area contributed by atoms with E-state index in [0.29, 0.717) is 13.0 Å². The number of anilines is 1. The number of para-hydroxylation sites is 1. The maximum atomic E-state index is 12.6. The predicted molar refractivity (Wildman–Crippen MR) is 107 cm³/mol. The average Bonchev–Trinajstić information content (AvgIpc) is 3.27. The number of aliphatic hydroxyl groups is 1. The molecule has 2 N–H and O–H groups in total. The summed E-state index contributed by atoms with van der Waals surface area (Å²) in [6.07, 6.45) is 0.356. The largest absolute Gasteiger partial charge is 0.391 e. The summed E-state index contributed by atoms with van der Waals surface area (Å²) in [6, 6.07) is 15.2. The van der Waals surface area contributed by atoms with Gasteiger partial charge in [-0.2, -0.15) is 0 Å². The Balaban J connectivity index is 1.89. The van der Waals surface area contributed by atoms with Crippen LogP contribution in [0.15, 0.2) is 53.4 Å². The van der Waals surface area contributed by atoms with E-state index in [0.717, 1.165) is 34.4 Å². The van der Waals surface area contributed by atoms with Gasteiger partial charge >= 0.3 is 0 Å². The molecule has 0 radical (unpaired) electrons. The number of aromatic nitrogens is 1. The Hall–Kier alpha value is -2.35. The number of fused-ring (bicyclic) bond motifs is 1. The Labute approximate surface area is 159 Å². The highest BCUT2D eigenvalue weighted by Gasteiger charge is 2.25. The van der Waals surface area contributed by atoms with Crippen molar-refractivity contribution in [2.24, 2.45) is 0 Å². The van der Waals surface area contributed by atoms with Crippen molar-refractivity contribution in [3.05, 3.63) is 48.5 Å². The van der Waals surface area contributed by atoms with E-state index in [4.69, 9.17) is 0 Å². The third-order valence-electron chi connectivity index (χ3n) is 5.07. The summed E-state index contributed by atoms with van der Waals surface area (Å²) in [5.41, 5.74) is 3.61. The zero-order valence-corrected chi connectivity index (χ0v) is 16.2. The smallest absolute Gasteiger partial charge is 0.242 e. The van der Waals surface area contributed by atoms with Crippen LogP contribution in [0.25, 0.3) is 22.2 Å². The number of β-amino-alcohol motifs (C(OH)–C–C–N with tert-alkyl or cyclic N) is 1. The lowest BCUT2D eigenvalue weighted by molar-refractivity contribution is 0.198. The number of H-pyrrole nitrogens is 1. The molecule has 1 atom stereocenters. The van der Waals surface area contributed by atoms with Crippen LogP contribution in [0.4, 0.5) is 5.69 Å². The van der Waals surface area contributed by atoms with E-state index >= 15 is 0 Å². The number of benzene rings is 2. The second kappa shape index (κ2) is 6.67. The molecule has 0 unspecified atom stereocenters. The molecule has 0 aliphatic carbocycles. The summed E-state index contributed by atoms with van der Waals surface area (Å²) in [5, 5.41) is 11.0. The number of nitrogens with one attached hydrogen (secondary N) is 1. The van der Waals surface area contributed by atoms with Gasteiger partial charge in [-0.05, 0) is 36.8 Å². The average molecular weight is 385 g/mol. The first-order chi connectivity index (χ1) is 12.9. The summed E-state index contributed by atoms with van der Waals surface area (Å²) < 4.78 is 26.5. The van der Waals surface area contributed by atoms with Crippen molar-refractivity contribution in [3.8, 4) is 11.3 Å². The molecule has 1 fully saturated rings. The molecule has 1 aliphatic heterocycles. The van der Waals surface area contributed by atoms with Gasteiger partial charge in [-0.1, -0.05) is 18.2 Å². The van der Waals surface area contributed by atoms with Crippen LogP contribution in [-0.2, 0) is 10.0 Å². The topological polar surface area (TPSA) is 76.6 Å². The Morgan fingerprint density at radius 3 is 2.59 bits per heavy atom. The van der Waals surface area contributed by atoms with Gasteiger partial charge in [-0.3, -0.25) is 0 Å². The molecule has 3 aromatic rings. The molecular formula is C20H23N3O3S. The van der Waals surface area contributed by atoms with Gasteiger partial charge in [0, 0.05) is 55.0 Å². The standard InChI is InChI=1S/C20H23N3O3S/c1-22(2)27(25,26)16-7-8-20(23-10-9-15(24)13-23)17(12-16)19-11-14-5-3-4-6-18(14)21-19/h3-8,11-12,15,21,24H,9-10,13H2,1-2H3/t15-/m1/s1. The van der Waals surface area contributed by atoms with Gasteiger partial charge in [0.25, 0.3) is 0 Å². The van der Waals surface area contributed by atoms with Gasteiger partial charge < -0.3 is 15.0 Å². The van der Waals surface area contributed by atoms with Gasteiger partial charge in [0.05, 0.1) is 11.0 Å². The Morgan fingerprint density at radius 2 is 1.93 bits per heavy atom. The minimum atomic E-state index is -3.54. The first-order valence-corrected chi connectivity index (χ1v) is 10.4. The van der Waals surface area contributed by atoms with Gasteiger partial charge in [-0.15, -0.1) is 0 Å². The highest BCUT2D eigenvalue weighted by atomic mass is 32.2. The number of hydrogen-bond acceptors (Lipinski definition) is 4. The minimum absolute atomic E-state index is 0.254. The van der Waals surface area contributed by atoms with Crippen LogP contribution in [0, 0.1) is 0 Å². The van der Waals surface area contributed by atoms with Crippen LogP contribution in [0.3, 0.4) is 0 Å². The van der Waals surface area contributed by atoms with Crippen molar-refractivity contribution in [1.82, 2.24) is 9.29 Å². The van der Waals surface area contributed by atoms with Crippen molar-refractivity contribution in [1.29, 1.82) is 0 Å². The Kier molecular flexibility index (Phi) is 4.46. The monoisotopic (exact) mass is 385 g/mol. The van der Waals surface area contributed by atoms with Crippen molar-refractivity contribution >= 4 is 26.6 Å². The maximum Gasteiger partial charge on any atom is 0.242 e. The number of rotatable bonds is 4. The summed E-state index contributed by atoms with van der Waals surface area (Å²) >= 11 is 0. The fourth-order valence-corrected chi connectivity index (χ4v) is 4.49. The summed E-state index contributed by atoms with van der Waals surface area (Å²) in [5.74, 6) is 0. The lowest BCUT2D eigenvalue weighted by Gasteiger charge is -2.22. The second-order valence-electron chi connectivity index (χ2n) is 7.13. The highest BCUT2D eigenvalue weighted by molar-refractivity contribution is 7.89. The minimum Gasteiger partial charge on any atom is -0.391 e. The molecule has 1 aromatic heterocycles. The zero-order chi connectivity index (χ0) is 19.2. The van der Waals surface area contributed by atoms with Crippen LogP contribution in [-0.4, -0.2) is 56.1 Å². The van der Waals surface area contributed by atoms with Gasteiger partial charge in [0.2, 0.25) is 10.0 Å². The molecule has 0 saturated carbocycles. The predicted octanol–water partition coefficient (Wildman–Crippen LogP) is 2.66. The maximum absolute atomic E-state index is 12.6. The van der Waals surface area contributed by atoms with E-state index in [2.05, 4.69) is 9.88 Å². The van der Waals surface area contributed by atoms with Crippen molar-refractivity contribution in [2.75, 3.05) is 32.1 Å². The third-order valence-corrected chi connectivity index (χ3v) is 6.88. The molecule has 1 aliphatic rings. The molecule has 0 bridgehead atoms. The first-order valence-electron chi connectivity index (χ1n) is 8.94. The first kappa shape index (κ1) is 18.0. The van der Waals surface area contributed by atoms with Crippen LogP contribution in [0.1, 0.15) is 6.42 Å². The van der Waals surface area contributed by atoms with E-state index in [1.807, 2.05) is 36.4 Å². The SMILES string of the molecule is CN(C)S(=O)(=O)c1ccc(N2CC[C@@H](O)C2)c(-c2cc3ccccc3[nH]2)c1. The Bertz CT molecular complexity index is 1060. The van der Waals surface area contributed by atoms with Gasteiger partial charge in [-0.25, -0.2) is 12.7 Å². The molecule has 0 spiro atoms. The fraction of sp³-hybridized carbons (Fsp3) is 0.300. The van der Waals surface area contributed by atoms with E-state index < -0.39 is 10.0 Å². The van der Waals surface area contributed by atoms with Gasteiger partial charge in [0.15, 0.2) is 0 Å². The molecule has 7 heteroatoms. The number of aromatic amines is 1. The van der Waals surface area contributed by atoms with Crippen molar-refractivity contribution in [3.63, 3.8) is 0 Å². The van der Waals surface area contributed by atoms with E-state index in [9.17, 15) is 13.5 Å². The number of hydrogen-bond donors (Lipinski definition) is 2. The Morgan fingerprint density at radius 1 is 1.15 bits per heavy atom. The summed E-state index contributed by atoms with van der Waals surface area (Å²) in [7, 11) is -0.476. The van der Waals surface area contributed by atoms with Crippen molar-refractivity contribution < 1.29 is 13.5 Å². The van der Waals surface area contributed by atoms with Crippen LogP contribution in [0.2, 0.25) is 0 Å². The third kappa shape index (κ3) is 3.22. The van der Waals surface area contributed by atoms with E-state index in [1.54, 1.807) is 12.1 Å². The van der Waals surface area contributed by atoms with E-state index in [1.165, 1.54) is 18.4 Å². The molecular weight excluding hydrogens is 362 g/mol. The van der Waals surface area contributed by atoms with Crippen LogP contribution in [0.5, 0.6) is 0 Å². The molecule has 0 amide bonds. The lowest BCUT2D eigenvalue weighted by atomic mass is 10.1. The fourth-order valence-electron chi connectivity index (χ4n) is 3.56. The molecule has 2 aromatic carbocycles. The number of sulfonamides is 1. The van der Waals surface area contributed by atoms with E-state index in [-0.39, 0.29) is 11.0 Å². The zero-order valence-electron chi connectivity index (χ0n) is 15.4. The lowest BCUT2D eigenvalue weighted by Crippen LogP contribution is -2.24. The molecule has 6 nitrogen and oxygen atoms in total. The number of nitrogens with zero attached hydrogens (tertiary/aromatic N) is 2. The molecule has 4 rings (SSSR count). The molecule has 2 heterocycles. The summed E-state index contributed by atoms with van der Waals surface area (Å²) in [6.45, 7) is 1.29. The van der Waals surface area contributed by atoms with Crippen LogP contribution >= 0.6 is 0 Å². The molecule has 1 saturated heterocycles. The normalized spacial score (nSPS) is 17.9. The van der Waals surface area contributed by atoms with Crippen LogP contribution < -0.4 is 4.90 Å². The quantitative estimate of drug-likeness (QED) is 0.724. The van der Waals surface area contributed by atoms with Gasteiger partial charge in [0.1, 0.15) is 0 Å². The van der Waals surface area contributed by atoms with Crippen molar-refractivity contribution in [2.45, 2.75) is 17.4 Å². The number of aliphatic hydroxyl groups excluding tert-OH is 1.